The third kappa shape index (κ3) is 3.68. The first-order valence-electron chi connectivity index (χ1n) is 9.18. The van der Waals surface area contributed by atoms with Gasteiger partial charge in [0.2, 0.25) is 5.91 Å². The lowest BCUT2D eigenvalue weighted by Gasteiger charge is -2.48. The highest BCUT2D eigenvalue weighted by Crippen LogP contribution is 2.40. The predicted octanol–water partition coefficient (Wildman–Crippen LogP) is 3.54. The second-order valence-corrected chi connectivity index (χ2v) is 7.87. The number of carbonyl (C=O) groups excluding carboxylic acids is 1. The Morgan fingerprint density at radius 2 is 2.04 bits per heavy atom. The number of piperidine rings is 2. The van der Waals surface area contributed by atoms with Crippen molar-refractivity contribution in [3.63, 3.8) is 0 Å². The van der Waals surface area contributed by atoms with E-state index >= 15 is 0 Å². The number of rotatable bonds is 3. The molecule has 0 unspecified atom stereocenters. The molecular weight excluding hydrogens is 348 g/mol. The summed E-state index contributed by atoms with van der Waals surface area (Å²) >= 11 is 5.97. The van der Waals surface area contributed by atoms with Crippen molar-refractivity contribution < 1.29 is 4.79 Å². The van der Waals surface area contributed by atoms with Crippen molar-refractivity contribution in [2.45, 2.75) is 32.2 Å². The second-order valence-electron chi connectivity index (χ2n) is 7.43. The van der Waals surface area contributed by atoms with Crippen LogP contribution in [0.2, 0.25) is 5.02 Å². The zero-order chi connectivity index (χ0) is 18.0. The first-order valence-corrected chi connectivity index (χ1v) is 9.56. The standard InChI is InChI=1S/C20H23ClN4O/c21-16-5-6-18(23-12-16)24-11-3-8-20(14-24)9-7-19(26)25(15-20)13-17-4-1-2-10-22-17/h1-2,4-6,10,12H,3,7-9,11,13-15H2/t20-/m0/s1. The van der Waals surface area contributed by atoms with E-state index < -0.39 is 0 Å². The zero-order valence-electron chi connectivity index (χ0n) is 14.8. The molecule has 0 bridgehead atoms. The quantitative estimate of drug-likeness (QED) is 0.829. The van der Waals surface area contributed by atoms with E-state index in [9.17, 15) is 4.79 Å². The summed E-state index contributed by atoms with van der Waals surface area (Å²) in [5, 5.41) is 0.658. The third-order valence-corrected chi connectivity index (χ3v) is 5.75. The summed E-state index contributed by atoms with van der Waals surface area (Å²) in [6.45, 7) is 3.34. The molecule has 2 aromatic rings. The Balaban J connectivity index is 1.49. The molecule has 2 saturated heterocycles. The Morgan fingerprint density at radius 3 is 2.81 bits per heavy atom. The largest absolute Gasteiger partial charge is 0.356 e. The van der Waals surface area contributed by atoms with Gasteiger partial charge in [-0.15, -0.1) is 0 Å². The summed E-state index contributed by atoms with van der Waals surface area (Å²) in [6, 6.07) is 9.74. The van der Waals surface area contributed by atoms with Crippen LogP contribution in [0.1, 0.15) is 31.4 Å². The van der Waals surface area contributed by atoms with E-state index in [4.69, 9.17) is 11.6 Å². The molecule has 2 fully saturated rings. The summed E-state index contributed by atoms with van der Waals surface area (Å²) in [6.07, 6.45) is 7.34. The average molecular weight is 371 g/mol. The van der Waals surface area contributed by atoms with Crippen LogP contribution in [0.5, 0.6) is 0 Å². The topological polar surface area (TPSA) is 49.3 Å². The molecule has 0 radical (unpaired) electrons. The van der Waals surface area contributed by atoms with Crippen molar-refractivity contribution >= 4 is 23.3 Å². The number of hydrogen-bond acceptors (Lipinski definition) is 4. The Labute approximate surface area is 159 Å². The first-order chi connectivity index (χ1) is 12.6. The number of pyridine rings is 2. The van der Waals surface area contributed by atoms with Gasteiger partial charge in [0.15, 0.2) is 0 Å². The van der Waals surface area contributed by atoms with Gasteiger partial charge in [-0.25, -0.2) is 4.98 Å². The van der Waals surface area contributed by atoms with E-state index in [1.54, 1.807) is 12.4 Å². The zero-order valence-corrected chi connectivity index (χ0v) is 15.5. The van der Waals surface area contributed by atoms with Crippen molar-refractivity contribution in [2.75, 3.05) is 24.5 Å². The van der Waals surface area contributed by atoms with Crippen LogP contribution in [0.25, 0.3) is 0 Å². The maximum Gasteiger partial charge on any atom is 0.222 e. The second kappa shape index (κ2) is 7.23. The number of nitrogens with zero attached hydrogens (tertiary/aromatic N) is 4. The average Bonchev–Trinajstić information content (AvgIpc) is 2.67. The molecule has 1 spiro atoms. The van der Waals surface area contributed by atoms with Crippen molar-refractivity contribution in [1.82, 2.24) is 14.9 Å². The fraction of sp³-hybridized carbons (Fsp3) is 0.450. The highest BCUT2D eigenvalue weighted by molar-refractivity contribution is 6.30. The Morgan fingerprint density at radius 1 is 1.12 bits per heavy atom. The van der Waals surface area contributed by atoms with Crippen LogP contribution in [0.15, 0.2) is 42.7 Å². The van der Waals surface area contributed by atoms with Gasteiger partial charge >= 0.3 is 0 Å². The fourth-order valence-electron chi connectivity index (χ4n) is 4.23. The van der Waals surface area contributed by atoms with Gasteiger partial charge in [0.1, 0.15) is 5.82 Å². The van der Waals surface area contributed by atoms with Gasteiger partial charge < -0.3 is 9.80 Å². The molecule has 1 amide bonds. The summed E-state index contributed by atoms with van der Waals surface area (Å²) in [4.78, 5) is 25.7. The van der Waals surface area contributed by atoms with Gasteiger partial charge in [-0.05, 0) is 43.5 Å². The highest BCUT2D eigenvalue weighted by Gasteiger charge is 2.42. The van der Waals surface area contributed by atoms with Crippen LogP contribution < -0.4 is 4.90 Å². The van der Waals surface area contributed by atoms with Gasteiger partial charge in [0.25, 0.3) is 0 Å². The monoisotopic (exact) mass is 370 g/mol. The highest BCUT2D eigenvalue weighted by atomic mass is 35.5. The molecule has 6 heteroatoms. The lowest BCUT2D eigenvalue weighted by molar-refractivity contribution is -0.138. The van der Waals surface area contributed by atoms with Gasteiger partial charge in [-0.2, -0.15) is 0 Å². The number of likely N-dealkylation sites (tertiary alicyclic amines) is 1. The van der Waals surface area contributed by atoms with Crippen LogP contribution in [-0.2, 0) is 11.3 Å². The molecule has 2 aliphatic heterocycles. The number of hydrogen-bond donors (Lipinski definition) is 0. The summed E-state index contributed by atoms with van der Waals surface area (Å²) in [5.74, 6) is 1.21. The fourth-order valence-corrected chi connectivity index (χ4v) is 4.34. The van der Waals surface area contributed by atoms with Crippen molar-refractivity contribution in [3.05, 3.63) is 53.4 Å². The molecule has 2 aromatic heterocycles. The Kier molecular flexibility index (Phi) is 4.81. The van der Waals surface area contributed by atoms with Gasteiger partial charge in [-0.1, -0.05) is 17.7 Å². The normalized spacial score (nSPS) is 23.5. The Bertz CT molecular complexity index is 767. The van der Waals surface area contributed by atoms with Crippen LogP contribution in [0, 0.1) is 5.41 Å². The van der Waals surface area contributed by atoms with E-state index in [0.717, 1.165) is 50.4 Å². The van der Waals surface area contributed by atoms with Gasteiger partial charge in [0.05, 0.1) is 17.3 Å². The number of halogens is 1. The molecular formula is C20H23ClN4O. The van der Waals surface area contributed by atoms with Crippen molar-refractivity contribution in [3.8, 4) is 0 Å². The van der Waals surface area contributed by atoms with Crippen molar-refractivity contribution in [2.24, 2.45) is 5.41 Å². The van der Waals surface area contributed by atoms with E-state index in [-0.39, 0.29) is 11.3 Å². The van der Waals surface area contributed by atoms with Crippen LogP contribution in [-0.4, -0.2) is 40.4 Å². The summed E-state index contributed by atoms with van der Waals surface area (Å²) < 4.78 is 0. The third-order valence-electron chi connectivity index (χ3n) is 5.52. The molecule has 0 saturated carbocycles. The summed E-state index contributed by atoms with van der Waals surface area (Å²) in [7, 11) is 0. The van der Waals surface area contributed by atoms with Crippen molar-refractivity contribution in [1.29, 1.82) is 0 Å². The van der Waals surface area contributed by atoms with Crippen LogP contribution >= 0.6 is 11.6 Å². The number of anilines is 1. The number of carbonyl (C=O) groups is 1. The molecule has 5 nitrogen and oxygen atoms in total. The van der Waals surface area contributed by atoms with E-state index in [0.29, 0.717) is 18.0 Å². The molecule has 0 aromatic carbocycles. The van der Waals surface area contributed by atoms with E-state index in [1.165, 1.54) is 0 Å². The molecule has 0 N–H and O–H groups in total. The molecule has 26 heavy (non-hydrogen) atoms. The molecule has 1 atom stereocenters. The Hall–Kier alpha value is -2.14. The smallest absolute Gasteiger partial charge is 0.222 e. The minimum atomic E-state index is 0.141. The lowest BCUT2D eigenvalue weighted by atomic mass is 9.73. The van der Waals surface area contributed by atoms with E-state index in [2.05, 4.69) is 14.9 Å². The molecule has 136 valence electrons. The van der Waals surface area contributed by atoms with Crippen LogP contribution in [0.4, 0.5) is 5.82 Å². The molecule has 4 heterocycles. The molecule has 2 aliphatic rings. The minimum absolute atomic E-state index is 0.141. The predicted molar refractivity (Wildman–Crippen MR) is 102 cm³/mol. The van der Waals surface area contributed by atoms with Crippen LogP contribution in [0.3, 0.4) is 0 Å². The van der Waals surface area contributed by atoms with Gasteiger partial charge in [0, 0.05) is 43.9 Å². The SMILES string of the molecule is O=C1CC[C@]2(CCCN(c3ccc(Cl)cn3)C2)CN1Cc1ccccn1. The number of aromatic nitrogens is 2. The molecule has 0 aliphatic carbocycles. The number of amides is 1. The van der Waals surface area contributed by atoms with Gasteiger partial charge in [-0.3, -0.25) is 9.78 Å². The lowest BCUT2D eigenvalue weighted by Crippen LogP contribution is -2.54. The minimum Gasteiger partial charge on any atom is -0.356 e. The first kappa shape index (κ1) is 17.3. The molecule has 4 rings (SSSR count). The van der Waals surface area contributed by atoms with E-state index in [1.807, 2.05) is 35.2 Å². The maximum atomic E-state index is 12.5. The summed E-state index contributed by atoms with van der Waals surface area (Å²) in [5.41, 5.74) is 1.09. The maximum absolute atomic E-state index is 12.5.